The van der Waals surface area contributed by atoms with Gasteiger partial charge < -0.3 is 4.74 Å². The van der Waals surface area contributed by atoms with Crippen molar-refractivity contribution in [3.05, 3.63) is 64.6 Å². The summed E-state index contributed by atoms with van der Waals surface area (Å²) in [5, 5.41) is 4.63. The zero-order chi connectivity index (χ0) is 18.4. The van der Waals surface area contributed by atoms with Gasteiger partial charge in [0.2, 0.25) is 0 Å². The topological polar surface area (TPSA) is 21.6 Å². The molecule has 1 heterocycles. The van der Waals surface area contributed by atoms with E-state index in [-0.39, 0.29) is 20.9 Å². The third-order valence-electron chi connectivity index (χ3n) is 4.05. The lowest BCUT2D eigenvalue weighted by molar-refractivity contribution is 0.406. The maximum absolute atomic E-state index is 14.4. The van der Waals surface area contributed by atoms with E-state index in [1.807, 2.05) is 0 Å². The molecule has 130 valence electrons. The quantitative estimate of drug-likeness (QED) is 0.689. The lowest BCUT2D eigenvalue weighted by Crippen LogP contribution is -2.31. The van der Waals surface area contributed by atoms with Crippen LogP contribution in [0.15, 0.2) is 41.6 Å². The van der Waals surface area contributed by atoms with Gasteiger partial charge in [-0.05, 0) is 19.1 Å². The van der Waals surface area contributed by atoms with E-state index in [0.29, 0.717) is 17.0 Å². The van der Waals surface area contributed by atoms with Crippen LogP contribution in [0.5, 0.6) is 5.75 Å². The Labute approximate surface area is 148 Å². The molecule has 7 heteroatoms. The van der Waals surface area contributed by atoms with E-state index in [0.717, 1.165) is 12.1 Å². The summed E-state index contributed by atoms with van der Waals surface area (Å²) in [6.07, 6.45) is 1.57. The van der Waals surface area contributed by atoms with Crippen LogP contribution in [0.2, 0.25) is 5.02 Å². The molecule has 0 saturated carbocycles. The Morgan fingerprint density at radius 3 is 2.28 bits per heavy atom. The van der Waals surface area contributed by atoms with Gasteiger partial charge in [-0.2, -0.15) is 0 Å². The molecule has 0 N–H and O–H groups in total. The summed E-state index contributed by atoms with van der Waals surface area (Å²) in [7, 11) is 3.02. The highest BCUT2D eigenvalue weighted by Gasteiger charge is 2.36. The zero-order valence-corrected chi connectivity index (χ0v) is 14.5. The maximum Gasteiger partial charge on any atom is 0.182 e. The second kappa shape index (κ2) is 6.20. The average Bonchev–Trinajstić information content (AvgIpc) is 2.82. The highest BCUT2D eigenvalue weighted by atomic mass is 35.5. The van der Waals surface area contributed by atoms with Crippen molar-refractivity contribution < 1.29 is 17.9 Å². The predicted octanol–water partition coefficient (Wildman–Crippen LogP) is 5.13. The lowest BCUT2D eigenvalue weighted by atomic mass is 10.0. The molecule has 25 heavy (non-hydrogen) atoms. The summed E-state index contributed by atoms with van der Waals surface area (Å²) in [6.45, 7) is 1.65. The minimum Gasteiger partial charge on any atom is -0.497 e. The first-order valence-electron chi connectivity index (χ1n) is 7.40. The second-order valence-corrected chi connectivity index (χ2v) is 6.22. The standard InChI is InChI=1S/C18H15ClF3N2O/c1-10-13(18-15(21)7-12(25-3)8-16(18)22)9-24(2,23-10)17-5-4-11(20)6-14(17)19/h4-9H,1-3H3/q+1. The molecule has 0 fully saturated rings. The highest BCUT2D eigenvalue weighted by molar-refractivity contribution is 6.33. The number of ether oxygens (including phenoxy) is 1. The Morgan fingerprint density at radius 2 is 1.72 bits per heavy atom. The van der Waals surface area contributed by atoms with E-state index in [1.54, 1.807) is 20.2 Å². The van der Waals surface area contributed by atoms with Gasteiger partial charge in [0, 0.05) is 18.2 Å². The first-order chi connectivity index (χ1) is 11.7. The number of hydrogen-bond acceptors (Lipinski definition) is 2. The summed E-state index contributed by atoms with van der Waals surface area (Å²) in [5.41, 5.74) is 1.04. The van der Waals surface area contributed by atoms with Gasteiger partial charge in [-0.3, -0.25) is 0 Å². The van der Waals surface area contributed by atoms with Gasteiger partial charge in [-0.15, -0.1) is 4.59 Å². The van der Waals surface area contributed by atoms with Crippen LogP contribution in [0.3, 0.4) is 0 Å². The number of rotatable bonds is 3. The SMILES string of the molecule is COc1cc(F)c(C2=C[N+](C)(c3ccc(F)cc3Cl)N=C2C)c(F)c1. The van der Waals surface area contributed by atoms with Gasteiger partial charge in [0.05, 0.1) is 18.2 Å². The van der Waals surface area contributed by atoms with Crippen molar-refractivity contribution in [1.82, 2.24) is 4.59 Å². The fourth-order valence-electron chi connectivity index (χ4n) is 2.88. The number of hydrogen-bond donors (Lipinski definition) is 0. The van der Waals surface area contributed by atoms with E-state index in [9.17, 15) is 13.2 Å². The second-order valence-electron chi connectivity index (χ2n) is 5.82. The molecule has 0 aromatic heterocycles. The minimum absolute atomic E-state index is 0.0887. The van der Waals surface area contributed by atoms with Crippen molar-refractivity contribution in [2.24, 2.45) is 5.10 Å². The van der Waals surface area contributed by atoms with Crippen LogP contribution in [0.25, 0.3) is 5.57 Å². The van der Waals surface area contributed by atoms with Crippen molar-refractivity contribution in [2.45, 2.75) is 6.92 Å². The molecule has 1 aliphatic heterocycles. The Morgan fingerprint density at radius 1 is 1.08 bits per heavy atom. The van der Waals surface area contributed by atoms with Gasteiger partial charge in [0.15, 0.2) is 5.69 Å². The Hall–Kier alpha value is -2.31. The lowest BCUT2D eigenvalue weighted by Gasteiger charge is -2.20. The monoisotopic (exact) mass is 367 g/mol. The first kappa shape index (κ1) is 17.5. The van der Waals surface area contributed by atoms with Gasteiger partial charge in [-0.1, -0.05) is 16.7 Å². The number of quaternary nitrogens is 1. The molecule has 1 aliphatic rings. The molecule has 0 aliphatic carbocycles. The molecule has 1 atom stereocenters. The fourth-order valence-corrected chi connectivity index (χ4v) is 3.22. The van der Waals surface area contributed by atoms with Crippen molar-refractivity contribution in [3.63, 3.8) is 0 Å². The summed E-state index contributed by atoms with van der Waals surface area (Å²) in [6, 6.07) is 6.15. The molecule has 2 aromatic rings. The average molecular weight is 368 g/mol. The Balaban J connectivity index is 2.14. The Kier molecular flexibility index (Phi) is 4.34. The van der Waals surface area contributed by atoms with Gasteiger partial charge in [0.25, 0.3) is 0 Å². The molecule has 1 unspecified atom stereocenters. The Bertz CT molecular complexity index is 904. The highest BCUT2D eigenvalue weighted by Crippen LogP contribution is 2.39. The van der Waals surface area contributed by atoms with Crippen molar-refractivity contribution in [1.29, 1.82) is 0 Å². The molecular weight excluding hydrogens is 353 g/mol. The van der Waals surface area contributed by atoms with Crippen LogP contribution in [0, 0.1) is 17.5 Å². The van der Waals surface area contributed by atoms with Crippen LogP contribution >= 0.6 is 11.6 Å². The third kappa shape index (κ3) is 3.03. The molecular formula is C18H15ClF3N2O+. The number of nitrogens with zero attached hydrogens (tertiary/aromatic N) is 2. The number of methoxy groups -OCH3 is 1. The number of benzene rings is 2. The van der Waals surface area contributed by atoms with Gasteiger partial charge in [0.1, 0.15) is 47.2 Å². The van der Waals surface area contributed by atoms with Crippen LogP contribution in [0.1, 0.15) is 12.5 Å². The molecule has 3 nitrogen and oxygen atoms in total. The van der Waals surface area contributed by atoms with Crippen LogP contribution in [-0.4, -0.2) is 19.9 Å². The molecule has 3 rings (SSSR count). The van der Waals surface area contributed by atoms with E-state index in [1.165, 1.54) is 25.3 Å². The molecule has 2 aromatic carbocycles. The smallest absolute Gasteiger partial charge is 0.182 e. The summed E-state index contributed by atoms with van der Waals surface area (Å²) in [5.74, 6) is -1.89. The summed E-state index contributed by atoms with van der Waals surface area (Å²) < 4.78 is 46.8. The zero-order valence-electron chi connectivity index (χ0n) is 13.8. The van der Waals surface area contributed by atoms with E-state index >= 15 is 0 Å². The number of allylic oxidation sites excluding steroid dienone is 1. The van der Waals surface area contributed by atoms with Crippen molar-refractivity contribution in [2.75, 3.05) is 14.2 Å². The van der Waals surface area contributed by atoms with Crippen LogP contribution < -0.4 is 9.33 Å². The van der Waals surface area contributed by atoms with E-state index in [2.05, 4.69) is 5.10 Å². The first-order valence-corrected chi connectivity index (χ1v) is 7.78. The van der Waals surface area contributed by atoms with Crippen molar-refractivity contribution >= 4 is 28.6 Å². The van der Waals surface area contributed by atoms with E-state index < -0.39 is 17.5 Å². The minimum atomic E-state index is -0.753. The predicted molar refractivity (Wildman–Crippen MR) is 93.1 cm³/mol. The largest absolute Gasteiger partial charge is 0.497 e. The number of halogens is 4. The summed E-state index contributed by atoms with van der Waals surface area (Å²) in [4.78, 5) is 0. The third-order valence-corrected chi connectivity index (χ3v) is 4.35. The molecule has 0 saturated heterocycles. The maximum atomic E-state index is 14.4. The van der Waals surface area contributed by atoms with Crippen LogP contribution in [0.4, 0.5) is 18.9 Å². The van der Waals surface area contributed by atoms with Crippen LogP contribution in [-0.2, 0) is 0 Å². The molecule has 0 amide bonds. The van der Waals surface area contributed by atoms with E-state index in [4.69, 9.17) is 16.3 Å². The molecule has 0 bridgehead atoms. The summed E-state index contributed by atoms with van der Waals surface area (Å²) >= 11 is 6.12. The fraction of sp³-hybridized carbons (Fsp3) is 0.167. The van der Waals surface area contributed by atoms with Crippen molar-refractivity contribution in [3.8, 4) is 5.75 Å². The van der Waals surface area contributed by atoms with Gasteiger partial charge in [-0.25, -0.2) is 13.2 Å². The molecule has 0 radical (unpaired) electrons. The van der Waals surface area contributed by atoms with Gasteiger partial charge >= 0.3 is 0 Å². The normalized spacial score (nSPS) is 19.6. The molecule has 0 spiro atoms.